The molecule has 0 N–H and O–H groups in total. The Balaban J connectivity index is 1.75. The molecule has 3 rings (SSSR count). The summed E-state index contributed by atoms with van der Waals surface area (Å²) in [5.41, 5.74) is 1.49. The molecule has 3 aromatic rings. The van der Waals surface area contributed by atoms with Crippen molar-refractivity contribution >= 4 is 11.7 Å². The van der Waals surface area contributed by atoms with E-state index in [1.165, 1.54) is 16.6 Å². The molecule has 7 heteroatoms. The van der Waals surface area contributed by atoms with Crippen LogP contribution in [0.3, 0.4) is 0 Å². The molecule has 21 heavy (non-hydrogen) atoms. The molecule has 2 heterocycles. The predicted molar refractivity (Wildman–Crippen MR) is 71.0 cm³/mol. The molecule has 0 spiro atoms. The number of carbonyl (C=O) groups excluding carboxylic acids is 1. The molecule has 0 saturated carbocycles. The first-order valence-corrected chi connectivity index (χ1v) is 6.23. The van der Waals surface area contributed by atoms with Gasteiger partial charge >= 0.3 is 5.97 Å². The van der Waals surface area contributed by atoms with E-state index in [-0.39, 0.29) is 18.2 Å². The SMILES string of the molecule is Cc1ccnc2nc(C(=O)OCc3ccc(F)cc3)nn12. The number of hydrogen-bond donors (Lipinski definition) is 0. The maximum Gasteiger partial charge on any atom is 0.378 e. The van der Waals surface area contributed by atoms with Crippen molar-refractivity contribution in [3.05, 3.63) is 59.4 Å². The molecule has 0 saturated heterocycles. The predicted octanol–water partition coefficient (Wildman–Crippen LogP) is 1.93. The van der Waals surface area contributed by atoms with Crippen molar-refractivity contribution in [3.63, 3.8) is 0 Å². The van der Waals surface area contributed by atoms with Crippen molar-refractivity contribution in [2.75, 3.05) is 0 Å². The zero-order valence-corrected chi connectivity index (χ0v) is 11.2. The Morgan fingerprint density at radius 3 is 2.76 bits per heavy atom. The molecule has 0 fully saturated rings. The molecule has 0 aliphatic heterocycles. The highest BCUT2D eigenvalue weighted by Gasteiger charge is 2.15. The summed E-state index contributed by atoms with van der Waals surface area (Å²) < 4.78 is 19.3. The van der Waals surface area contributed by atoms with Crippen LogP contribution in [-0.2, 0) is 11.3 Å². The van der Waals surface area contributed by atoms with Crippen LogP contribution in [0.15, 0.2) is 36.5 Å². The first kappa shape index (κ1) is 13.2. The fraction of sp³-hybridized carbons (Fsp3) is 0.143. The summed E-state index contributed by atoms with van der Waals surface area (Å²) in [6.45, 7) is 1.86. The van der Waals surface area contributed by atoms with Crippen molar-refractivity contribution < 1.29 is 13.9 Å². The average Bonchev–Trinajstić information content (AvgIpc) is 2.92. The van der Waals surface area contributed by atoms with Crippen molar-refractivity contribution in [3.8, 4) is 0 Å². The number of fused-ring (bicyclic) bond motifs is 1. The Morgan fingerprint density at radius 1 is 1.29 bits per heavy atom. The Morgan fingerprint density at radius 2 is 2.05 bits per heavy atom. The van der Waals surface area contributed by atoms with Gasteiger partial charge in [-0.15, -0.1) is 5.10 Å². The van der Waals surface area contributed by atoms with Crippen LogP contribution in [0.2, 0.25) is 0 Å². The molecule has 0 atom stereocenters. The lowest BCUT2D eigenvalue weighted by atomic mass is 10.2. The molecule has 2 aromatic heterocycles. The van der Waals surface area contributed by atoms with Crippen LogP contribution >= 0.6 is 0 Å². The fourth-order valence-corrected chi connectivity index (χ4v) is 1.79. The van der Waals surface area contributed by atoms with Crippen LogP contribution in [0, 0.1) is 12.7 Å². The third kappa shape index (κ3) is 2.71. The van der Waals surface area contributed by atoms with Gasteiger partial charge in [-0.25, -0.2) is 18.7 Å². The van der Waals surface area contributed by atoms with Gasteiger partial charge in [-0.1, -0.05) is 12.1 Å². The maximum absolute atomic E-state index is 12.8. The lowest BCUT2D eigenvalue weighted by Crippen LogP contribution is -2.07. The van der Waals surface area contributed by atoms with E-state index >= 15 is 0 Å². The highest BCUT2D eigenvalue weighted by Crippen LogP contribution is 2.07. The van der Waals surface area contributed by atoms with Gasteiger partial charge in [0.1, 0.15) is 12.4 Å². The highest BCUT2D eigenvalue weighted by atomic mass is 19.1. The summed E-state index contributed by atoms with van der Waals surface area (Å²) >= 11 is 0. The first-order chi connectivity index (χ1) is 10.1. The van der Waals surface area contributed by atoms with Crippen molar-refractivity contribution in [1.82, 2.24) is 19.6 Å². The fourth-order valence-electron chi connectivity index (χ4n) is 1.79. The maximum atomic E-state index is 12.8. The molecular weight excluding hydrogens is 275 g/mol. The van der Waals surface area contributed by atoms with Gasteiger partial charge in [0.15, 0.2) is 0 Å². The van der Waals surface area contributed by atoms with Crippen LogP contribution in [0.1, 0.15) is 21.9 Å². The lowest BCUT2D eigenvalue weighted by molar-refractivity contribution is 0.0458. The van der Waals surface area contributed by atoms with Crippen LogP contribution in [0.5, 0.6) is 0 Å². The van der Waals surface area contributed by atoms with Crippen LogP contribution in [-0.4, -0.2) is 25.6 Å². The minimum Gasteiger partial charge on any atom is -0.455 e. The number of rotatable bonds is 3. The van der Waals surface area contributed by atoms with Gasteiger partial charge in [0.05, 0.1) is 0 Å². The van der Waals surface area contributed by atoms with E-state index < -0.39 is 5.97 Å². The van der Waals surface area contributed by atoms with E-state index in [2.05, 4.69) is 15.1 Å². The number of aryl methyl sites for hydroxylation is 1. The Kier molecular flexibility index (Phi) is 3.31. The van der Waals surface area contributed by atoms with Crippen LogP contribution in [0.4, 0.5) is 4.39 Å². The monoisotopic (exact) mass is 286 g/mol. The number of benzene rings is 1. The molecule has 0 amide bonds. The van der Waals surface area contributed by atoms with Gasteiger partial charge < -0.3 is 4.74 Å². The quantitative estimate of drug-likeness (QED) is 0.688. The van der Waals surface area contributed by atoms with Gasteiger partial charge in [-0.05, 0) is 30.7 Å². The largest absolute Gasteiger partial charge is 0.455 e. The van der Waals surface area contributed by atoms with E-state index in [4.69, 9.17) is 4.74 Å². The first-order valence-electron chi connectivity index (χ1n) is 6.23. The van der Waals surface area contributed by atoms with E-state index in [0.29, 0.717) is 11.3 Å². The zero-order valence-electron chi connectivity index (χ0n) is 11.2. The number of hydrogen-bond acceptors (Lipinski definition) is 5. The number of halogens is 1. The van der Waals surface area contributed by atoms with E-state index in [1.54, 1.807) is 24.4 Å². The van der Waals surface area contributed by atoms with Gasteiger partial charge in [0.25, 0.3) is 11.6 Å². The molecule has 0 radical (unpaired) electrons. The topological polar surface area (TPSA) is 69.4 Å². The molecular formula is C14H11FN4O2. The van der Waals surface area contributed by atoms with Crippen molar-refractivity contribution in [1.29, 1.82) is 0 Å². The second-order valence-electron chi connectivity index (χ2n) is 4.44. The summed E-state index contributed by atoms with van der Waals surface area (Å²) in [6.07, 6.45) is 1.59. The minimum atomic E-state index is -0.649. The number of carbonyl (C=O) groups is 1. The van der Waals surface area contributed by atoms with Crippen molar-refractivity contribution in [2.45, 2.75) is 13.5 Å². The second-order valence-corrected chi connectivity index (χ2v) is 4.44. The van der Waals surface area contributed by atoms with Gasteiger partial charge in [0, 0.05) is 11.9 Å². The summed E-state index contributed by atoms with van der Waals surface area (Å²) in [6, 6.07) is 7.46. The van der Waals surface area contributed by atoms with E-state index in [9.17, 15) is 9.18 Å². The molecule has 0 aliphatic rings. The molecule has 6 nitrogen and oxygen atoms in total. The van der Waals surface area contributed by atoms with Gasteiger partial charge in [-0.2, -0.15) is 4.98 Å². The number of nitrogens with zero attached hydrogens (tertiary/aromatic N) is 4. The Labute approximate surface area is 119 Å². The Hall–Kier alpha value is -2.83. The van der Waals surface area contributed by atoms with Crippen molar-refractivity contribution in [2.24, 2.45) is 0 Å². The highest BCUT2D eigenvalue weighted by molar-refractivity contribution is 5.85. The number of ether oxygens (including phenoxy) is 1. The van der Waals surface area contributed by atoms with Gasteiger partial charge in [0.2, 0.25) is 0 Å². The average molecular weight is 286 g/mol. The second kappa shape index (κ2) is 5.28. The molecule has 0 aliphatic carbocycles. The van der Waals surface area contributed by atoms with Gasteiger partial charge in [-0.3, -0.25) is 0 Å². The molecule has 106 valence electrons. The van der Waals surface area contributed by atoms with Crippen LogP contribution < -0.4 is 0 Å². The summed E-state index contributed by atoms with van der Waals surface area (Å²) in [5.74, 6) is -0.708. The Bertz CT molecular complexity index is 798. The zero-order chi connectivity index (χ0) is 14.8. The lowest BCUT2D eigenvalue weighted by Gasteiger charge is -2.02. The third-order valence-electron chi connectivity index (χ3n) is 2.90. The standard InChI is InChI=1S/C14H11FN4O2/c1-9-6-7-16-14-17-12(18-19(9)14)13(20)21-8-10-2-4-11(15)5-3-10/h2-7H,8H2,1H3. The van der Waals surface area contributed by atoms with E-state index in [1.807, 2.05) is 6.92 Å². The summed E-state index contributed by atoms with van der Waals surface area (Å²) in [5, 5.41) is 4.05. The molecule has 0 unspecified atom stereocenters. The molecule has 1 aromatic carbocycles. The molecule has 0 bridgehead atoms. The summed E-state index contributed by atoms with van der Waals surface area (Å²) in [7, 11) is 0. The smallest absolute Gasteiger partial charge is 0.378 e. The van der Waals surface area contributed by atoms with E-state index in [0.717, 1.165) is 5.69 Å². The summed E-state index contributed by atoms with van der Waals surface area (Å²) in [4.78, 5) is 19.9. The van der Waals surface area contributed by atoms with Crippen LogP contribution in [0.25, 0.3) is 5.78 Å². The minimum absolute atomic E-state index is 0.0288. The normalized spacial score (nSPS) is 10.8. The third-order valence-corrected chi connectivity index (χ3v) is 2.90. The number of aromatic nitrogens is 4. The number of esters is 1.